The van der Waals surface area contributed by atoms with Crippen LogP contribution in [0.3, 0.4) is 0 Å². The van der Waals surface area contributed by atoms with Gasteiger partial charge in [0.15, 0.2) is 5.69 Å². The maximum absolute atomic E-state index is 13.3. The summed E-state index contributed by atoms with van der Waals surface area (Å²) < 4.78 is 32.6. The topological polar surface area (TPSA) is 93.5 Å². The van der Waals surface area contributed by atoms with E-state index in [0.717, 1.165) is 32.4 Å². The molecule has 2 heterocycles. The summed E-state index contributed by atoms with van der Waals surface area (Å²) in [5, 5.41) is 2.83. The molecule has 39 heavy (non-hydrogen) atoms. The van der Waals surface area contributed by atoms with Gasteiger partial charge in [0.25, 0.3) is 5.91 Å². The molecule has 1 N–H and O–H groups in total. The van der Waals surface area contributed by atoms with Crippen LogP contribution in [0.15, 0.2) is 48.5 Å². The van der Waals surface area contributed by atoms with E-state index in [4.69, 9.17) is 32.4 Å². The van der Waals surface area contributed by atoms with Gasteiger partial charge in [-0.05, 0) is 61.9 Å². The molecule has 11 heteroatoms. The first-order chi connectivity index (χ1) is 18.4. The number of para-hydroxylation sites is 1. The molecule has 0 unspecified atom stereocenters. The van der Waals surface area contributed by atoms with Crippen LogP contribution in [0.5, 0.6) is 5.75 Å². The number of halogens is 2. The minimum atomic E-state index is -3.80. The van der Waals surface area contributed by atoms with E-state index in [-0.39, 0.29) is 17.4 Å². The highest BCUT2D eigenvalue weighted by Crippen LogP contribution is 2.34. The molecule has 0 atom stereocenters. The highest BCUT2D eigenvalue weighted by molar-refractivity contribution is 7.87. The maximum Gasteiger partial charge on any atom is 0.309 e. The van der Waals surface area contributed by atoms with Gasteiger partial charge in [0.2, 0.25) is 0 Å². The SMILES string of the molecule is Cc1c(C(=O)NN2CCCCC2)nc(-c2ccc(Cl)cc2Cl)n1CC(C)(C)CCS(=O)(=O)Oc1ccccc1. The Morgan fingerprint density at radius 1 is 1.08 bits per heavy atom. The molecule has 0 spiro atoms. The zero-order chi connectivity index (χ0) is 28.2. The van der Waals surface area contributed by atoms with Gasteiger partial charge >= 0.3 is 10.1 Å². The standard InChI is InChI=1S/C28H34Cl2N4O4S/c1-20-25(27(35)32-33-15-8-5-9-16-33)31-26(23-13-12-21(29)18-24(23)30)34(20)19-28(2,3)14-17-39(36,37)38-22-10-6-4-7-11-22/h4,6-7,10-13,18H,5,8-9,14-17,19H2,1-3H3,(H,32,35). The molecule has 0 radical (unpaired) electrons. The van der Waals surface area contributed by atoms with Gasteiger partial charge in [-0.3, -0.25) is 10.2 Å². The third kappa shape index (κ3) is 7.75. The lowest BCUT2D eigenvalue weighted by Crippen LogP contribution is -2.45. The normalized spacial score (nSPS) is 14.8. The van der Waals surface area contributed by atoms with Crippen molar-refractivity contribution in [3.8, 4) is 17.1 Å². The minimum Gasteiger partial charge on any atom is -0.382 e. The van der Waals surface area contributed by atoms with Crippen molar-refractivity contribution in [1.29, 1.82) is 0 Å². The number of nitrogens with one attached hydrogen (secondary N) is 1. The number of piperidine rings is 1. The van der Waals surface area contributed by atoms with Crippen molar-refractivity contribution in [3.05, 3.63) is 70.0 Å². The van der Waals surface area contributed by atoms with Crippen molar-refractivity contribution < 1.29 is 17.4 Å². The molecule has 8 nitrogen and oxygen atoms in total. The van der Waals surface area contributed by atoms with Crippen LogP contribution in [-0.4, -0.2) is 47.7 Å². The Kier molecular flexibility index (Phi) is 9.26. The maximum atomic E-state index is 13.3. The van der Waals surface area contributed by atoms with Crippen molar-refractivity contribution >= 4 is 39.2 Å². The van der Waals surface area contributed by atoms with Crippen molar-refractivity contribution in [2.24, 2.45) is 5.41 Å². The molecule has 0 bridgehead atoms. The number of imidazole rings is 1. The lowest BCUT2D eigenvalue weighted by atomic mass is 9.90. The van der Waals surface area contributed by atoms with Gasteiger partial charge < -0.3 is 8.75 Å². The summed E-state index contributed by atoms with van der Waals surface area (Å²) in [5.74, 6) is 0.359. The first-order valence-corrected chi connectivity index (χ1v) is 15.3. The first-order valence-electron chi connectivity index (χ1n) is 13.0. The first kappa shape index (κ1) is 29.4. The second kappa shape index (κ2) is 12.3. The monoisotopic (exact) mass is 592 g/mol. The molecule has 1 aliphatic heterocycles. The third-order valence-electron chi connectivity index (χ3n) is 6.81. The Morgan fingerprint density at radius 3 is 2.44 bits per heavy atom. The molecule has 1 fully saturated rings. The van der Waals surface area contributed by atoms with E-state index >= 15 is 0 Å². The summed E-state index contributed by atoms with van der Waals surface area (Å²) >= 11 is 12.7. The number of aromatic nitrogens is 2. The van der Waals surface area contributed by atoms with Crippen molar-refractivity contribution in [1.82, 2.24) is 20.0 Å². The van der Waals surface area contributed by atoms with Gasteiger partial charge in [0, 0.05) is 35.9 Å². The number of nitrogens with zero attached hydrogens (tertiary/aromatic N) is 3. The fourth-order valence-corrected chi connectivity index (χ4v) is 6.38. The van der Waals surface area contributed by atoms with Gasteiger partial charge in [-0.2, -0.15) is 8.42 Å². The second-order valence-corrected chi connectivity index (χ2v) is 13.2. The van der Waals surface area contributed by atoms with Crippen LogP contribution in [0.2, 0.25) is 10.0 Å². The molecule has 2 aromatic carbocycles. The van der Waals surface area contributed by atoms with Crippen molar-refractivity contribution in [2.75, 3.05) is 18.8 Å². The molecule has 1 aliphatic rings. The van der Waals surface area contributed by atoms with Gasteiger partial charge in [0.1, 0.15) is 11.6 Å². The smallest absolute Gasteiger partial charge is 0.309 e. The number of amides is 1. The fourth-order valence-electron chi connectivity index (χ4n) is 4.59. The number of hydrogen-bond acceptors (Lipinski definition) is 6. The quantitative estimate of drug-likeness (QED) is 0.285. The van der Waals surface area contributed by atoms with E-state index in [2.05, 4.69) is 5.43 Å². The zero-order valence-corrected chi connectivity index (χ0v) is 24.7. The summed E-state index contributed by atoms with van der Waals surface area (Å²) in [6.07, 6.45) is 3.54. The Hall–Kier alpha value is -2.59. The number of hydrazine groups is 1. The average Bonchev–Trinajstić information content (AvgIpc) is 3.19. The summed E-state index contributed by atoms with van der Waals surface area (Å²) in [6.45, 7) is 7.80. The zero-order valence-electron chi connectivity index (χ0n) is 22.4. The number of carbonyl (C=O) groups is 1. The lowest BCUT2D eigenvalue weighted by Gasteiger charge is -2.27. The molecule has 1 amide bonds. The molecule has 1 aromatic heterocycles. The van der Waals surface area contributed by atoms with Gasteiger partial charge in [-0.25, -0.2) is 9.99 Å². The van der Waals surface area contributed by atoms with Crippen LogP contribution in [-0.2, 0) is 16.7 Å². The van der Waals surface area contributed by atoms with Crippen LogP contribution < -0.4 is 9.61 Å². The van der Waals surface area contributed by atoms with E-state index in [1.807, 2.05) is 30.3 Å². The molecular formula is C28H34Cl2N4O4S. The third-order valence-corrected chi connectivity index (χ3v) is 8.50. The molecule has 4 rings (SSSR count). The highest BCUT2D eigenvalue weighted by Gasteiger charge is 2.29. The van der Waals surface area contributed by atoms with Gasteiger partial charge in [-0.1, -0.05) is 61.7 Å². The number of carbonyl (C=O) groups excluding carboxylic acids is 1. The summed E-state index contributed by atoms with van der Waals surface area (Å²) in [6, 6.07) is 13.6. The molecule has 210 valence electrons. The number of rotatable bonds is 10. The Morgan fingerprint density at radius 2 is 1.77 bits per heavy atom. The van der Waals surface area contributed by atoms with Crippen LogP contribution in [0.25, 0.3) is 11.4 Å². The predicted molar refractivity (Wildman–Crippen MR) is 155 cm³/mol. The van der Waals surface area contributed by atoms with E-state index in [0.29, 0.717) is 45.8 Å². The van der Waals surface area contributed by atoms with Gasteiger partial charge in [0.05, 0.1) is 10.8 Å². The number of benzene rings is 2. The largest absolute Gasteiger partial charge is 0.382 e. The summed E-state index contributed by atoms with van der Waals surface area (Å²) in [4.78, 5) is 18.0. The van der Waals surface area contributed by atoms with E-state index in [1.54, 1.807) is 48.5 Å². The molecule has 0 saturated carbocycles. The predicted octanol–water partition coefficient (Wildman–Crippen LogP) is 6.12. The highest BCUT2D eigenvalue weighted by atomic mass is 35.5. The average molecular weight is 594 g/mol. The van der Waals surface area contributed by atoms with Gasteiger partial charge in [-0.15, -0.1) is 0 Å². The second-order valence-electron chi connectivity index (χ2n) is 10.6. The molecule has 0 aliphatic carbocycles. The van der Waals surface area contributed by atoms with Crippen LogP contribution in [0.1, 0.15) is 55.7 Å². The van der Waals surface area contributed by atoms with Crippen molar-refractivity contribution in [3.63, 3.8) is 0 Å². The Bertz CT molecular complexity index is 1420. The van der Waals surface area contributed by atoms with Crippen molar-refractivity contribution in [2.45, 2.75) is 53.0 Å². The minimum absolute atomic E-state index is 0.165. The van der Waals surface area contributed by atoms with E-state index < -0.39 is 15.5 Å². The molecule has 1 saturated heterocycles. The van der Waals surface area contributed by atoms with E-state index in [9.17, 15) is 13.2 Å². The molecule has 3 aromatic rings. The van der Waals surface area contributed by atoms with Crippen LogP contribution in [0.4, 0.5) is 0 Å². The van der Waals surface area contributed by atoms with Crippen LogP contribution >= 0.6 is 23.2 Å². The lowest BCUT2D eigenvalue weighted by molar-refractivity contribution is 0.0744. The Labute approximate surface area is 240 Å². The summed E-state index contributed by atoms with van der Waals surface area (Å²) in [5.41, 5.74) is 4.11. The van der Waals surface area contributed by atoms with E-state index in [1.165, 1.54) is 0 Å². The Balaban J connectivity index is 1.60. The molecular weight excluding hydrogens is 559 g/mol. The summed E-state index contributed by atoms with van der Waals surface area (Å²) in [7, 11) is -3.80. The number of hydrogen-bond donors (Lipinski definition) is 1. The van der Waals surface area contributed by atoms with Crippen LogP contribution in [0, 0.1) is 12.3 Å². The fraction of sp³-hybridized carbons (Fsp3) is 0.429.